The van der Waals surface area contributed by atoms with Gasteiger partial charge >= 0.3 is 0 Å². The van der Waals surface area contributed by atoms with Gasteiger partial charge in [-0.3, -0.25) is 0 Å². The number of nitrogens with zero attached hydrogens (tertiary/aromatic N) is 1. The fourth-order valence-corrected chi connectivity index (χ4v) is 4.69. The molecule has 2 heteroatoms. The zero-order chi connectivity index (χ0) is 18.4. The molecule has 3 aromatic rings. The van der Waals surface area contributed by atoms with Crippen molar-refractivity contribution in [2.45, 2.75) is 46.8 Å². The van der Waals surface area contributed by atoms with E-state index in [1.54, 1.807) is 0 Å². The van der Waals surface area contributed by atoms with Gasteiger partial charge in [-0.2, -0.15) is 4.57 Å². The molecule has 1 heterocycles. The van der Waals surface area contributed by atoms with Crippen LogP contribution in [0.1, 0.15) is 23.7 Å². The fourth-order valence-electron chi connectivity index (χ4n) is 3.51. The standard InChI is InChI=1S/C23H30NSi/c1-8-18-10-9-16(2)22(14-18)23-21-12-11-20(25(5,6)7)15-19(21)13-17(3)24(23)4/h9-15H,8H2,1-7H3/q+1. The molecule has 0 unspecified atom stereocenters. The number of benzene rings is 2. The molecule has 0 saturated carbocycles. The van der Waals surface area contributed by atoms with Crippen molar-refractivity contribution in [2.75, 3.05) is 0 Å². The Morgan fingerprint density at radius 2 is 1.64 bits per heavy atom. The maximum Gasteiger partial charge on any atom is 0.220 e. The second-order valence-electron chi connectivity index (χ2n) is 8.25. The topological polar surface area (TPSA) is 3.88 Å². The highest BCUT2D eigenvalue weighted by atomic mass is 28.3. The minimum Gasteiger partial charge on any atom is -0.198 e. The predicted molar refractivity (Wildman–Crippen MR) is 112 cm³/mol. The summed E-state index contributed by atoms with van der Waals surface area (Å²) in [7, 11) is 0.878. The molecule has 0 aliphatic heterocycles. The third kappa shape index (κ3) is 3.28. The maximum atomic E-state index is 2.43. The molecule has 1 aromatic heterocycles. The van der Waals surface area contributed by atoms with E-state index in [2.05, 4.69) is 94.5 Å². The summed E-state index contributed by atoms with van der Waals surface area (Å²) in [4.78, 5) is 0. The number of aryl methyl sites for hydroxylation is 3. The molecule has 1 nitrogen and oxygen atoms in total. The van der Waals surface area contributed by atoms with Crippen LogP contribution in [0.5, 0.6) is 0 Å². The van der Waals surface area contributed by atoms with Gasteiger partial charge in [-0.1, -0.05) is 56.0 Å². The number of pyridine rings is 1. The Bertz CT molecular complexity index is 948. The second kappa shape index (κ2) is 6.42. The molecule has 0 fully saturated rings. The number of hydrogen-bond acceptors (Lipinski definition) is 0. The molecule has 0 spiro atoms. The van der Waals surface area contributed by atoms with Crippen molar-refractivity contribution in [2.24, 2.45) is 7.05 Å². The van der Waals surface area contributed by atoms with Gasteiger partial charge in [0.15, 0.2) is 5.69 Å². The van der Waals surface area contributed by atoms with E-state index in [4.69, 9.17) is 0 Å². The first kappa shape index (κ1) is 17.9. The van der Waals surface area contributed by atoms with Gasteiger partial charge in [0.05, 0.1) is 13.5 Å². The van der Waals surface area contributed by atoms with Crippen LogP contribution in [0.4, 0.5) is 0 Å². The van der Waals surface area contributed by atoms with Gasteiger partial charge in [-0.25, -0.2) is 0 Å². The lowest BCUT2D eigenvalue weighted by Crippen LogP contribution is -2.38. The summed E-state index contributed by atoms with van der Waals surface area (Å²) in [5.41, 5.74) is 6.74. The van der Waals surface area contributed by atoms with Crippen molar-refractivity contribution in [1.82, 2.24) is 0 Å². The number of fused-ring (bicyclic) bond motifs is 1. The molecule has 0 aliphatic carbocycles. The molecule has 0 saturated heterocycles. The smallest absolute Gasteiger partial charge is 0.198 e. The summed E-state index contributed by atoms with van der Waals surface area (Å²) in [6.45, 7) is 13.9. The summed E-state index contributed by atoms with van der Waals surface area (Å²) in [5, 5.41) is 4.25. The van der Waals surface area contributed by atoms with Crippen molar-refractivity contribution in [3.8, 4) is 11.3 Å². The highest BCUT2D eigenvalue weighted by molar-refractivity contribution is 6.88. The Hall–Kier alpha value is -1.93. The third-order valence-electron chi connectivity index (χ3n) is 5.37. The molecule has 0 bridgehead atoms. The summed E-state index contributed by atoms with van der Waals surface area (Å²) in [5.74, 6) is 0. The zero-order valence-electron chi connectivity index (χ0n) is 16.7. The Morgan fingerprint density at radius 3 is 2.28 bits per heavy atom. The van der Waals surface area contributed by atoms with E-state index >= 15 is 0 Å². The molecule has 130 valence electrons. The van der Waals surface area contributed by atoms with Gasteiger partial charge in [0.2, 0.25) is 5.69 Å². The van der Waals surface area contributed by atoms with Crippen molar-refractivity contribution < 1.29 is 4.57 Å². The van der Waals surface area contributed by atoms with E-state index in [0.29, 0.717) is 0 Å². The van der Waals surface area contributed by atoms with Crippen molar-refractivity contribution in [3.05, 3.63) is 59.3 Å². The van der Waals surface area contributed by atoms with Crippen LogP contribution in [0.2, 0.25) is 19.6 Å². The minimum absolute atomic E-state index is 1.07. The van der Waals surface area contributed by atoms with Gasteiger partial charge in [0.25, 0.3) is 0 Å². The van der Waals surface area contributed by atoms with Gasteiger partial charge in [0.1, 0.15) is 7.05 Å². The lowest BCUT2D eigenvalue weighted by Gasteiger charge is -2.18. The third-order valence-corrected chi connectivity index (χ3v) is 7.41. The first-order valence-corrected chi connectivity index (χ1v) is 12.8. The fraction of sp³-hybridized carbons (Fsp3) is 0.348. The maximum absolute atomic E-state index is 2.43. The van der Waals surface area contributed by atoms with Crippen molar-refractivity contribution in [3.63, 3.8) is 0 Å². The highest BCUT2D eigenvalue weighted by Crippen LogP contribution is 2.29. The van der Waals surface area contributed by atoms with E-state index in [1.165, 1.54) is 44.0 Å². The molecule has 3 rings (SSSR count). The largest absolute Gasteiger partial charge is 0.220 e. The Morgan fingerprint density at radius 1 is 0.920 bits per heavy atom. The van der Waals surface area contributed by atoms with Crippen LogP contribution in [0.25, 0.3) is 22.0 Å². The molecule has 0 amide bonds. The molecule has 0 N–H and O–H groups in total. The first-order valence-electron chi connectivity index (χ1n) is 9.26. The molecular formula is C23H30NSi+. The SMILES string of the molecule is CCc1ccc(C)c(-c2c3ccc([Si](C)(C)C)cc3cc(C)[n+]2C)c1. The first-order chi connectivity index (χ1) is 11.7. The summed E-state index contributed by atoms with van der Waals surface area (Å²) in [6.07, 6.45) is 1.07. The van der Waals surface area contributed by atoms with E-state index in [1.807, 2.05) is 0 Å². The minimum atomic E-state index is -1.31. The zero-order valence-corrected chi connectivity index (χ0v) is 17.7. The summed E-state index contributed by atoms with van der Waals surface area (Å²) in [6, 6.07) is 16.3. The van der Waals surface area contributed by atoms with E-state index in [-0.39, 0.29) is 0 Å². The summed E-state index contributed by atoms with van der Waals surface area (Å²) >= 11 is 0. The molecule has 2 aromatic carbocycles. The Kier molecular flexibility index (Phi) is 4.59. The number of hydrogen-bond donors (Lipinski definition) is 0. The Balaban J connectivity index is 2.37. The molecule has 25 heavy (non-hydrogen) atoms. The van der Waals surface area contributed by atoms with Crippen LogP contribution in [0.3, 0.4) is 0 Å². The van der Waals surface area contributed by atoms with Crippen LogP contribution in [-0.2, 0) is 13.5 Å². The van der Waals surface area contributed by atoms with Crippen LogP contribution in [-0.4, -0.2) is 8.07 Å². The van der Waals surface area contributed by atoms with Crippen LogP contribution < -0.4 is 9.75 Å². The van der Waals surface area contributed by atoms with E-state index < -0.39 is 8.07 Å². The number of aromatic nitrogens is 1. The van der Waals surface area contributed by atoms with E-state index in [0.717, 1.165) is 6.42 Å². The van der Waals surface area contributed by atoms with Crippen molar-refractivity contribution >= 4 is 24.0 Å². The van der Waals surface area contributed by atoms with E-state index in [9.17, 15) is 0 Å². The van der Waals surface area contributed by atoms with Crippen LogP contribution in [0, 0.1) is 13.8 Å². The lowest BCUT2D eigenvalue weighted by atomic mass is 9.96. The molecule has 0 radical (unpaired) electrons. The van der Waals surface area contributed by atoms with Crippen LogP contribution in [0.15, 0.2) is 42.5 Å². The van der Waals surface area contributed by atoms with Gasteiger partial charge in [0, 0.05) is 18.6 Å². The molecule has 0 atom stereocenters. The molecular weight excluding hydrogens is 318 g/mol. The average Bonchev–Trinajstić information content (AvgIpc) is 2.56. The normalized spacial score (nSPS) is 12.0. The number of rotatable bonds is 3. The summed E-state index contributed by atoms with van der Waals surface area (Å²) < 4.78 is 2.35. The average molecular weight is 349 g/mol. The highest BCUT2D eigenvalue weighted by Gasteiger charge is 2.22. The second-order valence-corrected chi connectivity index (χ2v) is 13.3. The van der Waals surface area contributed by atoms with Gasteiger partial charge < -0.3 is 0 Å². The monoisotopic (exact) mass is 348 g/mol. The van der Waals surface area contributed by atoms with Crippen LogP contribution >= 0.6 is 0 Å². The Labute approximate surface area is 153 Å². The van der Waals surface area contributed by atoms with Gasteiger partial charge in [-0.15, -0.1) is 0 Å². The predicted octanol–water partition coefficient (Wildman–Crippen LogP) is 5.06. The molecule has 0 aliphatic rings. The quantitative estimate of drug-likeness (QED) is 0.460. The lowest BCUT2D eigenvalue weighted by molar-refractivity contribution is -0.665. The van der Waals surface area contributed by atoms with Crippen molar-refractivity contribution in [1.29, 1.82) is 0 Å². The van der Waals surface area contributed by atoms with Gasteiger partial charge in [-0.05, 0) is 42.0 Å².